The molecular formula is C26H23N3O2S. The molecule has 0 spiro atoms. The van der Waals surface area contributed by atoms with E-state index in [9.17, 15) is 4.79 Å². The number of imidazole rings is 1. The molecule has 0 aliphatic carbocycles. The number of methoxy groups -OCH3 is 1. The number of hydrogen-bond donors (Lipinski definition) is 1. The van der Waals surface area contributed by atoms with Crippen LogP contribution in [0.3, 0.4) is 0 Å². The normalized spacial score (nSPS) is 11.2. The topological polar surface area (TPSA) is 55.6 Å². The van der Waals surface area contributed by atoms with Crippen LogP contribution in [0.25, 0.3) is 26.4 Å². The van der Waals surface area contributed by atoms with Gasteiger partial charge in [0.25, 0.3) is 5.91 Å². The zero-order valence-electron chi connectivity index (χ0n) is 18.0. The molecule has 0 saturated carbocycles. The van der Waals surface area contributed by atoms with Crippen LogP contribution in [0.15, 0.2) is 72.9 Å². The zero-order chi connectivity index (χ0) is 22.1. The molecule has 5 rings (SSSR count). The summed E-state index contributed by atoms with van der Waals surface area (Å²) in [6.07, 6.45) is 3.09. The third kappa shape index (κ3) is 3.85. The molecule has 0 unspecified atom stereocenters. The predicted molar refractivity (Wildman–Crippen MR) is 130 cm³/mol. The van der Waals surface area contributed by atoms with Crippen molar-refractivity contribution in [3.8, 4) is 17.0 Å². The Morgan fingerprint density at radius 3 is 2.69 bits per heavy atom. The summed E-state index contributed by atoms with van der Waals surface area (Å²) >= 11 is 1.59. The fourth-order valence-electron chi connectivity index (χ4n) is 3.76. The van der Waals surface area contributed by atoms with Crippen LogP contribution in [0, 0.1) is 0 Å². The van der Waals surface area contributed by atoms with Gasteiger partial charge in [-0.15, -0.1) is 0 Å². The molecule has 1 amide bonds. The zero-order valence-corrected chi connectivity index (χ0v) is 18.8. The fourth-order valence-corrected chi connectivity index (χ4v) is 4.81. The summed E-state index contributed by atoms with van der Waals surface area (Å²) in [4.78, 5) is 18.4. The molecule has 1 N–H and O–H groups in total. The van der Waals surface area contributed by atoms with Crippen molar-refractivity contribution in [2.24, 2.45) is 0 Å². The number of amides is 1. The summed E-state index contributed by atoms with van der Waals surface area (Å²) in [5.41, 5.74) is 6.07. The second-order valence-corrected chi connectivity index (χ2v) is 8.66. The summed E-state index contributed by atoms with van der Waals surface area (Å²) in [5.74, 6) is 0.679. The van der Waals surface area contributed by atoms with E-state index >= 15 is 0 Å². The van der Waals surface area contributed by atoms with Gasteiger partial charge in [0.1, 0.15) is 5.75 Å². The molecule has 6 heteroatoms. The van der Waals surface area contributed by atoms with Gasteiger partial charge in [0.2, 0.25) is 0 Å². The highest BCUT2D eigenvalue weighted by Crippen LogP contribution is 2.30. The maximum atomic E-state index is 12.7. The van der Waals surface area contributed by atoms with Crippen molar-refractivity contribution in [3.63, 3.8) is 0 Å². The van der Waals surface area contributed by atoms with Crippen LogP contribution in [0.5, 0.6) is 5.75 Å². The number of ether oxygens (including phenoxy) is 1. The largest absolute Gasteiger partial charge is 0.497 e. The predicted octanol–water partition coefficient (Wildman–Crippen LogP) is 5.72. The third-order valence-electron chi connectivity index (χ3n) is 5.60. The lowest BCUT2D eigenvalue weighted by Crippen LogP contribution is -2.22. The molecule has 0 fully saturated rings. The first-order valence-electron chi connectivity index (χ1n) is 10.6. The van der Waals surface area contributed by atoms with Gasteiger partial charge in [0.15, 0.2) is 4.96 Å². The average Bonchev–Trinajstić information content (AvgIpc) is 3.40. The Kier molecular flexibility index (Phi) is 5.37. The highest BCUT2D eigenvalue weighted by molar-refractivity contribution is 7.23. The molecule has 160 valence electrons. The first-order valence-corrected chi connectivity index (χ1v) is 11.4. The minimum absolute atomic E-state index is 0.0996. The molecule has 5 nitrogen and oxygen atoms in total. The van der Waals surface area contributed by atoms with Crippen molar-refractivity contribution in [2.75, 3.05) is 7.11 Å². The summed E-state index contributed by atoms with van der Waals surface area (Å²) < 4.78 is 8.38. The number of nitrogens with one attached hydrogen (secondary N) is 1. The van der Waals surface area contributed by atoms with E-state index < -0.39 is 0 Å². The Labute approximate surface area is 190 Å². The van der Waals surface area contributed by atoms with E-state index in [1.54, 1.807) is 18.4 Å². The van der Waals surface area contributed by atoms with Crippen molar-refractivity contribution in [3.05, 3.63) is 89.6 Å². The van der Waals surface area contributed by atoms with E-state index in [1.165, 1.54) is 5.56 Å². The number of carbonyl (C=O) groups is 1. The SMILES string of the molecule is CCc1ccc(-c2cn3c(n2)sc2cc(C(=O)NCc4cccc(OC)c4)ccc23)cc1. The Morgan fingerprint density at radius 1 is 1.06 bits per heavy atom. The molecular weight excluding hydrogens is 418 g/mol. The van der Waals surface area contributed by atoms with E-state index in [4.69, 9.17) is 9.72 Å². The van der Waals surface area contributed by atoms with E-state index in [-0.39, 0.29) is 5.91 Å². The van der Waals surface area contributed by atoms with Crippen LogP contribution in [-0.4, -0.2) is 22.4 Å². The van der Waals surface area contributed by atoms with Gasteiger partial charge in [-0.1, -0.05) is 54.7 Å². The number of aromatic nitrogens is 2. The molecule has 2 heterocycles. The number of rotatable bonds is 6. The van der Waals surface area contributed by atoms with Crippen molar-refractivity contribution < 1.29 is 9.53 Å². The van der Waals surface area contributed by atoms with Crippen molar-refractivity contribution >= 4 is 32.4 Å². The van der Waals surface area contributed by atoms with Crippen molar-refractivity contribution in [2.45, 2.75) is 19.9 Å². The van der Waals surface area contributed by atoms with Crippen molar-refractivity contribution in [1.82, 2.24) is 14.7 Å². The Morgan fingerprint density at radius 2 is 1.91 bits per heavy atom. The summed E-state index contributed by atoms with van der Waals surface area (Å²) in [6.45, 7) is 2.60. The molecule has 0 atom stereocenters. The van der Waals surface area contributed by atoms with Gasteiger partial charge >= 0.3 is 0 Å². The fraction of sp³-hybridized carbons (Fsp3) is 0.154. The van der Waals surface area contributed by atoms with Gasteiger partial charge in [0, 0.05) is 23.9 Å². The standard InChI is InChI=1S/C26H23N3O2S/c1-3-17-7-9-19(10-8-17)22-16-29-23-12-11-20(14-24(23)32-26(29)28-22)25(30)27-15-18-5-4-6-21(13-18)31-2/h4-14,16H,3,15H2,1-2H3,(H,27,30). The van der Waals surface area contributed by atoms with Crippen LogP contribution < -0.4 is 10.1 Å². The number of hydrogen-bond acceptors (Lipinski definition) is 4. The first-order chi connectivity index (χ1) is 15.6. The second-order valence-electron chi connectivity index (χ2n) is 7.65. The smallest absolute Gasteiger partial charge is 0.251 e. The Balaban J connectivity index is 1.37. The lowest BCUT2D eigenvalue weighted by molar-refractivity contribution is 0.0951. The molecule has 0 radical (unpaired) electrons. The minimum Gasteiger partial charge on any atom is -0.497 e. The van der Waals surface area contributed by atoms with E-state index in [2.05, 4.69) is 47.1 Å². The molecule has 0 aliphatic heterocycles. The average molecular weight is 442 g/mol. The molecule has 2 aromatic heterocycles. The maximum Gasteiger partial charge on any atom is 0.251 e. The van der Waals surface area contributed by atoms with E-state index in [0.29, 0.717) is 12.1 Å². The molecule has 0 bridgehead atoms. The second kappa shape index (κ2) is 8.48. The van der Waals surface area contributed by atoms with Crippen LogP contribution in [0.2, 0.25) is 0 Å². The third-order valence-corrected chi connectivity index (χ3v) is 6.62. The summed E-state index contributed by atoms with van der Waals surface area (Å²) in [5, 5.41) is 2.99. The minimum atomic E-state index is -0.0996. The lowest BCUT2D eigenvalue weighted by atomic mass is 10.1. The Hall–Kier alpha value is -3.64. The first kappa shape index (κ1) is 20.3. The maximum absolute atomic E-state index is 12.7. The quantitative estimate of drug-likeness (QED) is 0.367. The van der Waals surface area contributed by atoms with E-state index in [1.807, 2.05) is 42.5 Å². The molecule has 5 aromatic rings. The van der Waals surface area contributed by atoms with Crippen LogP contribution in [-0.2, 0) is 13.0 Å². The molecule has 32 heavy (non-hydrogen) atoms. The van der Waals surface area contributed by atoms with Crippen LogP contribution >= 0.6 is 11.3 Å². The van der Waals surface area contributed by atoms with Gasteiger partial charge in [-0.05, 0) is 47.9 Å². The molecule has 0 aliphatic rings. The monoisotopic (exact) mass is 441 g/mol. The van der Waals surface area contributed by atoms with Gasteiger partial charge in [0.05, 0.1) is 23.0 Å². The summed E-state index contributed by atoms with van der Waals surface area (Å²) in [6, 6.07) is 22.0. The molecule has 0 saturated heterocycles. The van der Waals surface area contributed by atoms with E-state index in [0.717, 1.165) is 44.2 Å². The lowest BCUT2D eigenvalue weighted by Gasteiger charge is -2.07. The molecule has 3 aromatic carbocycles. The number of benzene rings is 3. The number of carbonyl (C=O) groups excluding carboxylic acids is 1. The Bertz CT molecular complexity index is 1420. The van der Waals surface area contributed by atoms with Gasteiger partial charge in [-0.2, -0.15) is 0 Å². The highest BCUT2D eigenvalue weighted by Gasteiger charge is 2.13. The van der Waals surface area contributed by atoms with Gasteiger partial charge in [-0.3, -0.25) is 9.20 Å². The summed E-state index contributed by atoms with van der Waals surface area (Å²) in [7, 11) is 1.63. The number of nitrogens with zero attached hydrogens (tertiary/aromatic N) is 2. The number of fused-ring (bicyclic) bond motifs is 3. The van der Waals surface area contributed by atoms with Crippen molar-refractivity contribution in [1.29, 1.82) is 0 Å². The number of aryl methyl sites for hydroxylation is 1. The van der Waals surface area contributed by atoms with Crippen LogP contribution in [0.4, 0.5) is 0 Å². The van der Waals surface area contributed by atoms with Gasteiger partial charge in [-0.25, -0.2) is 4.98 Å². The van der Waals surface area contributed by atoms with Gasteiger partial charge < -0.3 is 10.1 Å². The highest BCUT2D eigenvalue weighted by atomic mass is 32.1. The number of thiazole rings is 1. The van der Waals surface area contributed by atoms with Crippen LogP contribution in [0.1, 0.15) is 28.4 Å².